The molecule has 1 fully saturated rings. The van der Waals surface area contributed by atoms with Crippen LogP contribution in [0.2, 0.25) is 0 Å². The lowest BCUT2D eigenvalue weighted by molar-refractivity contribution is 0.0309. The third kappa shape index (κ3) is 3.65. The van der Waals surface area contributed by atoms with Crippen molar-refractivity contribution in [1.29, 1.82) is 0 Å². The summed E-state index contributed by atoms with van der Waals surface area (Å²) in [5, 5.41) is 9.67. The Morgan fingerprint density at radius 2 is 2.00 bits per heavy atom. The molecule has 0 radical (unpaired) electrons. The van der Waals surface area contributed by atoms with Gasteiger partial charge in [-0.2, -0.15) is 0 Å². The first kappa shape index (κ1) is 11.0. The van der Waals surface area contributed by atoms with Crippen LogP contribution in [0.3, 0.4) is 0 Å². The summed E-state index contributed by atoms with van der Waals surface area (Å²) in [7, 11) is 0. The molecular weight excluding hydrogens is 162 g/mol. The topological polar surface area (TPSA) is 23.5 Å². The minimum Gasteiger partial charge on any atom is -0.392 e. The van der Waals surface area contributed by atoms with Crippen LogP contribution in [0.15, 0.2) is 0 Å². The van der Waals surface area contributed by atoms with Gasteiger partial charge in [-0.3, -0.25) is 0 Å². The van der Waals surface area contributed by atoms with Gasteiger partial charge in [0.05, 0.1) is 6.10 Å². The van der Waals surface area contributed by atoms with Crippen molar-refractivity contribution in [2.45, 2.75) is 39.7 Å². The van der Waals surface area contributed by atoms with Gasteiger partial charge in [0.1, 0.15) is 0 Å². The van der Waals surface area contributed by atoms with Crippen molar-refractivity contribution >= 4 is 0 Å². The van der Waals surface area contributed by atoms with Gasteiger partial charge in [0.2, 0.25) is 0 Å². The van der Waals surface area contributed by atoms with E-state index < -0.39 is 0 Å². The lowest BCUT2D eigenvalue weighted by Crippen LogP contribution is -2.49. The highest BCUT2D eigenvalue weighted by Gasteiger charge is 2.26. The zero-order valence-electron chi connectivity index (χ0n) is 9.16. The largest absolute Gasteiger partial charge is 0.392 e. The Balaban J connectivity index is 2.06. The number of likely N-dealkylation sites (tertiary alicyclic amines) is 1. The second kappa shape index (κ2) is 4.97. The van der Waals surface area contributed by atoms with Crippen molar-refractivity contribution in [3.05, 3.63) is 0 Å². The maximum atomic E-state index is 9.67. The molecule has 2 heteroatoms. The van der Waals surface area contributed by atoms with Crippen molar-refractivity contribution in [3.63, 3.8) is 0 Å². The molecule has 0 aliphatic carbocycles. The molecule has 0 saturated carbocycles. The summed E-state index contributed by atoms with van der Waals surface area (Å²) in [6.07, 6.45) is 2.11. The first-order chi connectivity index (χ1) is 6.11. The van der Waals surface area contributed by atoms with Gasteiger partial charge < -0.3 is 10.0 Å². The molecule has 1 heterocycles. The summed E-state index contributed by atoms with van der Waals surface area (Å²) in [5.41, 5.74) is 0. The van der Waals surface area contributed by atoms with Crippen molar-refractivity contribution in [1.82, 2.24) is 4.90 Å². The van der Waals surface area contributed by atoms with E-state index >= 15 is 0 Å². The van der Waals surface area contributed by atoms with Gasteiger partial charge in [-0.25, -0.2) is 0 Å². The van der Waals surface area contributed by atoms with Crippen LogP contribution < -0.4 is 0 Å². The van der Waals surface area contributed by atoms with E-state index in [9.17, 15) is 5.11 Å². The summed E-state index contributed by atoms with van der Waals surface area (Å²) in [4.78, 5) is 2.36. The number of rotatable bonds is 5. The average molecular weight is 185 g/mol. The lowest BCUT2D eigenvalue weighted by Gasteiger charge is -2.40. The number of aliphatic hydroxyl groups is 1. The Hall–Kier alpha value is -0.0800. The normalized spacial score (nSPS) is 21.9. The Labute approximate surface area is 81.9 Å². The Morgan fingerprint density at radius 1 is 1.38 bits per heavy atom. The fourth-order valence-electron chi connectivity index (χ4n) is 2.00. The summed E-state index contributed by atoms with van der Waals surface area (Å²) >= 11 is 0. The van der Waals surface area contributed by atoms with Crippen LogP contribution in [0, 0.1) is 11.8 Å². The van der Waals surface area contributed by atoms with Gasteiger partial charge in [0.15, 0.2) is 0 Å². The van der Waals surface area contributed by atoms with Crippen molar-refractivity contribution in [2.24, 2.45) is 11.8 Å². The van der Waals surface area contributed by atoms with Gasteiger partial charge in [-0.1, -0.05) is 27.2 Å². The molecule has 1 aliphatic rings. The summed E-state index contributed by atoms with van der Waals surface area (Å²) in [6, 6.07) is 0. The number of aliphatic hydroxyl groups excluding tert-OH is 1. The number of hydrogen-bond donors (Lipinski definition) is 1. The molecule has 0 bridgehead atoms. The maximum Gasteiger partial charge on any atom is 0.0669 e. The SMILES string of the molecule is CCC1CN(CC(O)CC(C)C)C1. The first-order valence-corrected chi connectivity index (χ1v) is 5.52. The molecule has 78 valence electrons. The van der Waals surface area contributed by atoms with Crippen molar-refractivity contribution < 1.29 is 5.11 Å². The average Bonchev–Trinajstić information content (AvgIpc) is 1.94. The third-order valence-corrected chi connectivity index (χ3v) is 2.82. The minimum absolute atomic E-state index is 0.113. The zero-order valence-corrected chi connectivity index (χ0v) is 9.16. The second-order valence-electron chi connectivity index (χ2n) is 4.78. The van der Waals surface area contributed by atoms with E-state index in [4.69, 9.17) is 0 Å². The molecule has 0 aromatic heterocycles. The van der Waals surface area contributed by atoms with Crippen LogP contribution in [0.4, 0.5) is 0 Å². The highest BCUT2D eigenvalue weighted by Crippen LogP contribution is 2.19. The molecule has 2 nitrogen and oxygen atoms in total. The van der Waals surface area contributed by atoms with Crippen LogP contribution >= 0.6 is 0 Å². The van der Waals surface area contributed by atoms with Gasteiger partial charge in [0.25, 0.3) is 0 Å². The Morgan fingerprint density at radius 3 is 2.46 bits per heavy atom. The fraction of sp³-hybridized carbons (Fsp3) is 1.00. The number of β-amino-alcohol motifs (C(OH)–C–C–N with tert-alkyl or cyclic N) is 1. The molecule has 0 aromatic rings. The molecule has 0 aromatic carbocycles. The van der Waals surface area contributed by atoms with E-state index in [1.165, 1.54) is 19.5 Å². The number of hydrogen-bond acceptors (Lipinski definition) is 2. The molecule has 1 N–H and O–H groups in total. The van der Waals surface area contributed by atoms with Gasteiger partial charge in [-0.15, -0.1) is 0 Å². The predicted molar refractivity (Wildman–Crippen MR) is 55.7 cm³/mol. The van der Waals surface area contributed by atoms with Crippen LogP contribution in [0.1, 0.15) is 33.6 Å². The molecular formula is C11H23NO. The smallest absolute Gasteiger partial charge is 0.0669 e. The van der Waals surface area contributed by atoms with E-state index in [2.05, 4.69) is 25.7 Å². The van der Waals surface area contributed by atoms with Crippen LogP contribution in [-0.4, -0.2) is 35.7 Å². The van der Waals surface area contributed by atoms with E-state index in [1.54, 1.807) is 0 Å². The third-order valence-electron chi connectivity index (χ3n) is 2.82. The Kier molecular flexibility index (Phi) is 4.20. The molecule has 0 spiro atoms. The molecule has 1 saturated heterocycles. The summed E-state index contributed by atoms with van der Waals surface area (Å²) in [6.45, 7) is 9.85. The van der Waals surface area contributed by atoms with Gasteiger partial charge in [0, 0.05) is 19.6 Å². The quantitative estimate of drug-likeness (QED) is 0.705. The van der Waals surface area contributed by atoms with Crippen LogP contribution in [0.25, 0.3) is 0 Å². The molecule has 13 heavy (non-hydrogen) atoms. The van der Waals surface area contributed by atoms with Gasteiger partial charge in [-0.05, 0) is 18.3 Å². The molecule has 1 aliphatic heterocycles. The fourth-order valence-corrected chi connectivity index (χ4v) is 2.00. The highest BCUT2D eigenvalue weighted by atomic mass is 16.3. The van der Waals surface area contributed by atoms with E-state index in [-0.39, 0.29) is 6.10 Å². The molecule has 1 rings (SSSR count). The summed E-state index contributed by atoms with van der Waals surface area (Å²) in [5.74, 6) is 1.50. The van der Waals surface area contributed by atoms with E-state index in [1.807, 2.05) is 0 Å². The van der Waals surface area contributed by atoms with E-state index in [0.717, 1.165) is 18.9 Å². The Bertz CT molecular complexity index is 141. The van der Waals surface area contributed by atoms with Crippen molar-refractivity contribution in [2.75, 3.05) is 19.6 Å². The molecule has 0 amide bonds. The monoisotopic (exact) mass is 185 g/mol. The van der Waals surface area contributed by atoms with Crippen molar-refractivity contribution in [3.8, 4) is 0 Å². The van der Waals surface area contributed by atoms with Gasteiger partial charge >= 0.3 is 0 Å². The van der Waals surface area contributed by atoms with Crippen LogP contribution in [0.5, 0.6) is 0 Å². The predicted octanol–water partition coefficient (Wildman–Crippen LogP) is 1.74. The van der Waals surface area contributed by atoms with E-state index in [0.29, 0.717) is 5.92 Å². The van der Waals surface area contributed by atoms with Crippen LogP contribution in [-0.2, 0) is 0 Å². The highest BCUT2D eigenvalue weighted by molar-refractivity contribution is 4.80. The summed E-state index contributed by atoms with van der Waals surface area (Å²) < 4.78 is 0. The number of nitrogens with zero attached hydrogens (tertiary/aromatic N) is 1. The minimum atomic E-state index is -0.113. The zero-order chi connectivity index (χ0) is 9.84. The standard InChI is InChI=1S/C11H23NO/c1-4-10-6-12(7-10)8-11(13)5-9(2)3/h9-11,13H,4-8H2,1-3H3. The maximum absolute atomic E-state index is 9.67. The second-order valence-corrected chi connectivity index (χ2v) is 4.78. The first-order valence-electron chi connectivity index (χ1n) is 5.52. The lowest BCUT2D eigenvalue weighted by atomic mass is 9.96. The molecule has 1 atom stereocenters. The molecule has 1 unspecified atom stereocenters.